The summed E-state index contributed by atoms with van der Waals surface area (Å²) in [6.07, 6.45) is 3.21. The molecular weight excluding hydrogens is 245 g/mol. The number of benzene rings is 1. The van der Waals surface area contributed by atoms with E-state index in [2.05, 4.69) is 19.2 Å². The minimum Gasteiger partial charge on any atom is -0.507 e. The molecule has 0 bridgehead atoms. The molecule has 3 unspecified atom stereocenters. The summed E-state index contributed by atoms with van der Waals surface area (Å²) >= 11 is 0. The fourth-order valence-electron chi connectivity index (χ4n) is 2.97. The Balaban J connectivity index is 2.05. The second-order valence-electron chi connectivity index (χ2n) is 5.35. The van der Waals surface area contributed by atoms with E-state index < -0.39 is 5.82 Å². The summed E-state index contributed by atoms with van der Waals surface area (Å²) in [4.78, 5) is 12.1. The van der Waals surface area contributed by atoms with Gasteiger partial charge in [0.25, 0.3) is 5.91 Å². The quantitative estimate of drug-likeness (QED) is 0.882. The number of rotatable bonds is 3. The Morgan fingerprint density at radius 2 is 2.21 bits per heavy atom. The van der Waals surface area contributed by atoms with Crippen LogP contribution in [0.4, 0.5) is 4.39 Å². The third kappa shape index (κ3) is 2.88. The van der Waals surface area contributed by atoms with Crippen molar-refractivity contribution in [2.45, 2.75) is 39.2 Å². The third-order valence-electron chi connectivity index (χ3n) is 4.27. The molecule has 3 atom stereocenters. The van der Waals surface area contributed by atoms with Crippen LogP contribution >= 0.6 is 0 Å². The first-order valence-electron chi connectivity index (χ1n) is 6.82. The lowest BCUT2D eigenvalue weighted by atomic mass is 9.93. The molecule has 0 aliphatic heterocycles. The number of hydrogen-bond acceptors (Lipinski definition) is 2. The number of phenolic OH excluding ortho intramolecular Hbond substituents is 1. The smallest absolute Gasteiger partial charge is 0.255 e. The highest BCUT2D eigenvalue weighted by molar-refractivity contribution is 5.97. The second-order valence-corrected chi connectivity index (χ2v) is 5.35. The van der Waals surface area contributed by atoms with E-state index >= 15 is 0 Å². The van der Waals surface area contributed by atoms with E-state index in [4.69, 9.17) is 0 Å². The third-order valence-corrected chi connectivity index (χ3v) is 4.27. The average Bonchev–Trinajstić information content (AvgIpc) is 2.70. The molecule has 0 radical (unpaired) electrons. The van der Waals surface area contributed by atoms with Crippen LogP contribution in [0.5, 0.6) is 5.75 Å². The summed E-state index contributed by atoms with van der Waals surface area (Å²) in [5, 5.41) is 12.5. The van der Waals surface area contributed by atoms with Gasteiger partial charge in [0.15, 0.2) is 0 Å². The lowest BCUT2D eigenvalue weighted by molar-refractivity contribution is 0.0924. The van der Waals surface area contributed by atoms with Gasteiger partial charge in [0.05, 0.1) is 5.56 Å². The van der Waals surface area contributed by atoms with Gasteiger partial charge in [-0.2, -0.15) is 0 Å². The lowest BCUT2D eigenvalue weighted by Crippen LogP contribution is -2.37. The summed E-state index contributed by atoms with van der Waals surface area (Å²) in [6.45, 7) is 4.31. The Morgan fingerprint density at radius 1 is 1.47 bits per heavy atom. The van der Waals surface area contributed by atoms with Crippen molar-refractivity contribution in [2.24, 2.45) is 11.8 Å². The van der Waals surface area contributed by atoms with Crippen molar-refractivity contribution in [1.29, 1.82) is 0 Å². The molecule has 104 valence electrons. The van der Waals surface area contributed by atoms with Crippen LogP contribution in [0.25, 0.3) is 0 Å². The first-order chi connectivity index (χ1) is 9.02. The molecule has 1 aliphatic rings. The fourth-order valence-corrected chi connectivity index (χ4v) is 2.97. The zero-order valence-electron chi connectivity index (χ0n) is 11.3. The number of phenols is 1. The van der Waals surface area contributed by atoms with Gasteiger partial charge in [-0.15, -0.1) is 0 Å². The van der Waals surface area contributed by atoms with Crippen molar-refractivity contribution >= 4 is 5.91 Å². The Bertz CT molecular complexity index is 475. The second kappa shape index (κ2) is 5.59. The highest BCUT2D eigenvalue weighted by Crippen LogP contribution is 2.34. The number of nitrogens with one attached hydrogen (secondary N) is 1. The van der Waals surface area contributed by atoms with Crippen LogP contribution in [-0.4, -0.2) is 17.1 Å². The SMILES string of the molecule is CCC1CCC(NC(=O)c2ccc(F)cc2O)C1C. The molecule has 0 aromatic heterocycles. The number of aromatic hydroxyl groups is 1. The van der Waals surface area contributed by atoms with Crippen molar-refractivity contribution in [3.8, 4) is 5.75 Å². The van der Waals surface area contributed by atoms with Crippen LogP contribution in [0.2, 0.25) is 0 Å². The summed E-state index contributed by atoms with van der Waals surface area (Å²) < 4.78 is 12.9. The van der Waals surface area contributed by atoms with Crippen molar-refractivity contribution in [2.75, 3.05) is 0 Å². The zero-order chi connectivity index (χ0) is 14.0. The van der Waals surface area contributed by atoms with Gasteiger partial charge in [0.2, 0.25) is 0 Å². The maximum Gasteiger partial charge on any atom is 0.255 e. The van der Waals surface area contributed by atoms with Gasteiger partial charge in [-0.3, -0.25) is 4.79 Å². The maximum atomic E-state index is 12.9. The Hall–Kier alpha value is -1.58. The first-order valence-corrected chi connectivity index (χ1v) is 6.82. The Morgan fingerprint density at radius 3 is 2.79 bits per heavy atom. The molecule has 1 saturated carbocycles. The standard InChI is InChI=1S/C15H20FNO2/c1-3-10-4-7-13(9(10)2)17-15(19)12-6-5-11(16)8-14(12)18/h5-6,8-10,13,18H,3-4,7H2,1-2H3,(H,17,19). The minimum absolute atomic E-state index is 0.133. The van der Waals surface area contributed by atoms with E-state index in [1.54, 1.807) is 0 Å². The van der Waals surface area contributed by atoms with E-state index in [1.165, 1.54) is 12.1 Å². The first kappa shape index (κ1) is 13.8. The molecule has 4 heteroatoms. The molecule has 1 amide bonds. The molecule has 0 spiro atoms. The number of halogens is 1. The molecule has 0 saturated heterocycles. The van der Waals surface area contributed by atoms with Crippen LogP contribution < -0.4 is 5.32 Å². The van der Waals surface area contributed by atoms with Crippen LogP contribution in [0.15, 0.2) is 18.2 Å². The summed E-state index contributed by atoms with van der Waals surface area (Å²) in [7, 11) is 0. The maximum absolute atomic E-state index is 12.9. The molecule has 1 aliphatic carbocycles. The van der Waals surface area contributed by atoms with Crippen LogP contribution in [-0.2, 0) is 0 Å². The fraction of sp³-hybridized carbons (Fsp3) is 0.533. The molecule has 2 rings (SSSR count). The van der Waals surface area contributed by atoms with Crippen LogP contribution in [0.3, 0.4) is 0 Å². The number of carbonyl (C=O) groups is 1. The number of amides is 1. The van der Waals surface area contributed by atoms with E-state index in [9.17, 15) is 14.3 Å². The van der Waals surface area contributed by atoms with Gasteiger partial charge in [0.1, 0.15) is 11.6 Å². The predicted octanol–water partition coefficient (Wildman–Crippen LogP) is 3.09. The molecular formula is C15H20FNO2. The largest absolute Gasteiger partial charge is 0.507 e. The summed E-state index contributed by atoms with van der Waals surface area (Å²) in [6, 6.07) is 3.60. The van der Waals surface area contributed by atoms with Gasteiger partial charge >= 0.3 is 0 Å². The highest BCUT2D eigenvalue weighted by Gasteiger charge is 2.32. The van der Waals surface area contributed by atoms with Crippen molar-refractivity contribution in [1.82, 2.24) is 5.32 Å². The summed E-state index contributed by atoms with van der Waals surface area (Å²) in [5.41, 5.74) is 0.133. The van der Waals surface area contributed by atoms with Crippen molar-refractivity contribution < 1.29 is 14.3 Å². The van der Waals surface area contributed by atoms with Gasteiger partial charge in [-0.25, -0.2) is 4.39 Å². The minimum atomic E-state index is -0.547. The molecule has 1 fully saturated rings. The predicted molar refractivity (Wildman–Crippen MR) is 71.5 cm³/mol. The van der Waals surface area contributed by atoms with Gasteiger partial charge in [0, 0.05) is 12.1 Å². The monoisotopic (exact) mass is 265 g/mol. The molecule has 3 nitrogen and oxygen atoms in total. The molecule has 0 heterocycles. The van der Waals surface area contributed by atoms with E-state index in [0.29, 0.717) is 11.8 Å². The Kier molecular flexibility index (Phi) is 4.08. The topological polar surface area (TPSA) is 49.3 Å². The van der Waals surface area contributed by atoms with Gasteiger partial charge in [-0.1, -0.05) is 20.3 Å². The van der Waals surface area contributed by atoms with E-state index in [-0.39, 0.29) is 23.3 Å². The van der Waals surface area contributed by atoms with Gasteiger partial charge in [-0.05, 0) is 36.8 Å². The van der Waals surface area contributed by atoms with Crippen LogP contribution in [0, 0.1) is 17.7 Å². The summed E-state index contributed by atoms with van der Waals surface area (Å²) in [5.74, 6) is -0.0979. The van der Waals surface area contributed by atoms with E-state index in [0.717, 1.165) is 25.3 Å². The zero-order valence-corrected chi connectivity index (χ0v) is 11.3. The highest BCUT2D eigenvalue weighted by atomic mass is 19.1. The van der Waals surface area contributed by atoms with Crippen molar-refractivity contribution in [3.05, 3.63) is 29.6 Å². The number of hydrogen-bond donors (Lipinski definition) is 2. The molecule has 2 N–H and O–H groups in total. The Labute approximate surface area is 112 Å². The molecule has 1 aromatic rings. The van der Waals surface area contributed by atoms with Gasteiger partial charge < -0.3 is 10.4 Å². The number of carbonyl (C=O) groups excluding carboxylic acids is 1. The van der Waals surface area contributed by atoms with Crippen molar-refractivity contribution in [3.63, 3.8) is 0 Å². The molecule has 1 aromatic carbocycles. The van der Waals surface area contributed by atoms with Crippen LogP contribution in [0.1, 0.15) is 43.5 Å². The van der Waals surface area contributed by atoms with E-state index in [1.807, 2.05) is 0 Å². The molecule has 19 heavy (non-hydrogen) atoms. The average molecular weight is 265 g/mol. The normalized spacial score (nSPS) is 26.4. The lowest BCUT2D eigenvalue weighted by Gasteiger charge is -2.21.